The highest BCUT2D eigenvalue weighted by atomic mass is 16.5. The number of unbranched alkanes of at least 4 members (excludes halogenated alkanes) is 3. The highest BCUT2D eigenvalue weighted by molar-refractivity contribution is 5.30. The van der Waals surface area contributed by atoms with E-state index in [1.807, 2.05) is 0 Å². The van der Waals surface area contributed by atoms with Crippen molar-refractivity contribution in [1.29, 1.82) is 0 Å². The lowest BCUT2D eigenvalue weighted by molar-refractivity contribution is 0.245. The van der Waals surface area contributed by atoms with Crippen LogP contribution in [0.3, 0.4) is 0 Å². The largest absolute Gasteiger partial charge is 0.494 e. The minimum absolute atomic E-state index is 0.836. The highest BCUT2D eigenvalue weighted by Crippen LogP contribution is 2.21. The first kappa shape index (κ1) is 17.0. The molecule has 0 spiro atoms. The Hall–Kier alpha value is -1.80. The normalized spacial score (nSPS) is 14.4. The van der Waals surface area contributed by atoms with Crippen molar-refractivity contribution in [3.8, 4) is 5.75 Å². The van der Waals surface area contributed by atoms with Crippen LogP contribution in [-0.4, -0.2) is 18.1 Å². The molecule has 128 valence electrons. The van der Waals surface area contributed by atoms with Gasteiger partial charge in [0.2, 0.25) is 0 Å². The summed E-state index contributed by atoms with van der Waals surface area (Å²) in [7, 11) is 0. The van der Waals surface area contributed by atoms with Gasteiger partial charge in [-0.05, 0) is 41.7 Å². The third-order valence-corrected chi connectivity index (χ3v) is 4.81. The van der Waals surface area contributed by atoms with E-state index in [4.69, 9.17) is 4.74 Å². The van der Waals surface area contributed by atoms with Gasteiger partial charge in [-0.1, -0.05) is 62.6 Å². The second-order valence-corrected chi connectivity index (χ2v) is 6.78. The molecule has 0 saturated carbocycles. The Morgan fingerprint density at radius 1 is 0.917 bits per heavy atom. The minimum Gasteiger partial charge on any atom is -0.494 e. The SMILES string of the molecule is CCCCCCOc1ccc(CN2CCc3ccccc3C2)cc1. The number of fused-ring (bicyclic) bond motifs is 1. The summed E-state index contributed by atoms with van der Waals surface area (Å²) < 4.78 is 5.83. The van der Waals surface area contributed by atoms with Crippen molar-refractivity contribution in [2.75, 3.05) is 13.2 Å². The number of rotatable bonds is 8. The molecule has 0 fully saturated rings. The van der Waals surface area contributed by atoms with Gasteiger partial charge in [0.05, 0.1) is 6.61 Å². The Morgan fingerprint density at radius 3 is 2.50 bits per heavy atom. The maximum Gasteiger partial charge on any atom is 0.119 e. The Balaban J connectivity index is 1.46. The molecule has 2 nitrogen and oxygen atoms in total. The molecule has 0 atom stereocenters. The van der Waals surface area contributed by atoms with Gasteiger partial charge in [0.15, 0.2) is 0 Å². The van der Waals surface area contributed by atoms with Gasteiger partial charge in [0.25, 0.3) is 0 Å². The third-order valence-electron chi connectivity index (χ3n) is 4.81. The van der Waals surface area contributed by atoms with Crippen LogP contribution in [-0.2, 0) is 19.5 Å². The van der Waals surface area contributed by atoms with E-state index in [0.717, 1.165) is 44.8 Å². The molecule has 0 bridgehead atoms. The predicted octanol–water partition coefficient (Wildman–Crippen LogP) is 5.20. The summed E-state index contributed by atoms with van der Waals surface area (Å²) in [5.74, 6) is 0.999. The first-order valence-corrected chi connectivity index (χ1v) is 9.36. The molecule has 3 rings (SSSR count). The van der Waals surface area contributed by atoms with Gasteiger partial charge < -0.3 is 4.74 Å². The molecule has 24 heavy (non-hydrogen) atoms. The molecule has 0 N–H and O–H groups in total. The third kappa shape index (κ3) is 4.85. The number of hydrogen-bond donors (Lipinski definition) is 0. The summed E-state index contributed by atoms with van der Waals surface area (Å²) in [6, 6.07) is 17.5. The van der Waals surface area contributed by atoms with Crippen LogP contribution in [0.2, 0.25) is 0 Å². The average Bonchev–Trinajstić information content (AvgIpc) is 2.63. The second kappa shape index (κ2) is 8.89. The van der Waals surface area contributed by atoms with Gasteiger partial charge in [-0.3, -0.25) is 4.90 Å². The fraction of sp³-hybridized carbons (Fsp3) is 0.455. The summed E-state index contributed by atoms with van der Waals surface area (Å²) in [6.45, 7) is 6.30. The Kier molecular flexibility index (Phi) is 6.31. The maximum absolute atomic E-state index is 5.83. The zero-order valence-corrected chi connectivity index (χ0v) is 14.8. The summed E-state index contributed by atoms with van der Waals surface area (Å²) in [5.41, 5.74) is 4.36. The number of benzene rings is 2. The summed E-state index contributed by atoms with van der Waals surface area (Å²) >= 11 is 0. The minimum atomic E-state index is 0.836. The fourth-order valence-corrected chi connectivity index (χ4v) is 3.36. The summed E-state index contributed by atoms with van der Waals surface area (Å²) in [5, 5.41) is 0. The van der Waals surface area contributed by atoms with Crippen molar-refractivity contribution in [3.05, 3.63) is 65.2 Å². The molecule has 0 amide bonds. The lowest BCUT2D eigenvalue weighted by Gasteiger charge is -2.28. The zero-order chi connectivity index (χ0) is 16.6. The quantitative estimate of drug-likeness (QED) is 0.619. The Morgan fingerprint density at radius 2 is 1.71 bits per heavy atom. The van der Waals surface area contributed by atoms with Crippen LogP contribution in [0.25, 0.3) is 0 Å². The van der Waals surface area contributed by atoms with E-state index < -0.39 is 0 Å². The maximum atomic E-state index is 5.83. The van der Waals surface area contributed by atoms with Crippen LogP contribution in [0.4, 0.5) is 0 Å². The molecule has 0 aliphatic carbocycles. The van der Waals surface area contributed by atoms with Crippen LogP contribution in [0, 0.1) is 0 Å². The first-order valence-electron chi connectivity index (χ1n) is 9.36. The van der Waals surface area contributed by atoms with Crippen LogP contribution >= 0.6 is 0 Å². The lowest BCUT2D eigenvalue weighted by Crippen LogP contribution is -2.29. The number of nitrogens with zero attached hydrogens (tertiary/aromatic N) is 1. The van der Waals surface area contributed by atoms with Crippen molar-refractivity contribution >= 4 is 0 Å². The molecular formula is C22H29NO. The molecule has 1 aliphatic rings. The van der Waals surface area contributed by atoms with E-state index in [1.165, 1.54) is 36.0 Å². The van der Waals surface area contributed by atoms with Gasteiger partial charge in [-0.25, -0.2) is 0 Å². The highest BCUT2D eigenvalue weighted by Gasteiger charge is 2.15. The molecule has 2 heteroatoms. The predicted molar refractivity (Wildman–Crippen MR) is 100 cm³/mol. The molecule has 0 radical (unpaired) electrons. The monoisotopic (exact) mass is 323 g/mol. The molecule has 1 heterocycles. The van der Waals surface area contributed by atoms with Crippen LogP contribution < -0.4 is 4.74 Å². The molecule has 2 aromatic carbocycles. The van der Waals surface area contributed by atoms with Crippen LogP contribution in [0.5, 0.6) is 5.75 Å². The first-order chi connectivity index (χ1) is 11.8. The van der Waals surface area contributed by atoms with E-state index in [2.05, 4.69) is 60.4 Å². The van der Waals surface area contributed by atoms with E-state index in [0.29, 0.717) is 0 Å². The van der Waals surface area contributed by atoms with Gasteiger partial charge in [0, 0.05) is 19.6 Å². The van der Waals surface area contributed by atoms with Crippen molar-refractivity contribution < 1.29 is 4.74 Å². The smallest absolute Gasteiger partial charge is 0.119 e. The lowest BCUT2D eigenvalue weighted by atomic mass is 9.99. The second-order valence-electron chi connectivity index (χ2n) is 6.78. The van der Waals surface area contributed by atoms with Gasteiger partial charge in [-0.15, -0.1) is 0 Å². The molecule has 0 aromatic heterocycles. The molecule has 0 unspecified atom stereocenters. The zero-order valence-electron chi connectivity index (χ0n) is 14.8. The van der Waals surface area contributed by atoms with Gasteiger partial charge in [-0.2, -0.15) is 0 Å². The van der Waals surface area contributed by atoms with Crippen molar-refractivity contribution in [2.45, 2.75) is 52.1 Å². The van der Waals surface area contributed by atoms with E-state index in [1.54, 1.807) is 0 Å². The fourth-order valence-electron chi connectivity index (χ4n) is 3.36. The van der Waals surface area contributed by atoms with Crippen molar-refractivity contribution in [2.24, 2.45) is 0 Å². The standard InChI is InChI=1S/C22H29NO/c1-2-3-4-7-16-24-22-12-10-19(11-13-22)17-23-15-14-20-8-5-6-9-21(20)18-23/h5-6,8-13H,2-4,7,14-18H2,1H3. The van der Waals surface area contributed by atoms with Gasteiger partial charge in [0.1, 0.15) is 5.75 Å². The van der Waals surface area contributed by atoms with E-state index in [9.17, 15) is 0 Å². The Labute approximate surface area is 146 Å². The van der Waals surface area contributed by atoms with E-state index >= 15 is 0 Å². The topological polar surface area (TPSA) is 12.5 Å². The van der Waals surface area contributed by atoms with Crippen molar-refractivity contribution in [3.63, 3.8) is 0 Å². The average molecular weight is 323 g/mol. The van der Waals surface area contributed by atoms with E-state index in [-0.39, 0.29) is 0 Å². The molecule has 1 aliphatic heterocycles. The summed E-state index contributed by atoms with van der Waals surface area (Å²) in [4.78, 5) is 2.53. The van der Waals surface area contributed by atoms with Crippen LogP contribution in [0.15, 0.2) is 48.5 Å². The summed E-state index contributed by atoms with van der Waals surface area (Å²) in [6.07, 6.45) is 6.17. The molecular weight excluding hydrogens is 294 g/mol. The Bertz CT molecular complexity index is 620. The molecule has 2 aromatic rings. The number of hydrogen-bond acceptors (Lipinski definition) is 2. The number of ether oxygens (including phenoxy) is 1. The van der Waals surface area contributed by atoms with Crippen molar-refractivity contribution in [1.82, 2.24) is 4.90 Å². The molecule has 0 saturated heterocycles. The van der Waals surface area contributed by atoms with Crippen LogP contribution in [0.1, 0.15) is 49.3 Å². The van der Waals surface area contributed by atoms with Gasteiger partial charge >= 0.3 is 0 Å².